The molecule has 3 heteroatoms. The molecule has 0 bridgehead atoms. The first-order valence-corrected chi connectivity index (χ1v) is 6.93. The molecule has 102 valence electrons. The van der Waals surface area contributed by atoms with Crippen LogP contribution in [0.15, 0.2) is 24.3 Å². The van der Waals surface area contributed by atoms with Crippen LogP contribution in [-0.4, -0.2) is 36.2 Å². The van der Waals surface area contributed by atoms with Gasteiger partial charge in [-0.15, -0.1) is 0 Å². The fraction of sp³-hybridized carbons (Fsp3) is 0.500. The topological polar surface area (TPSA) is 49.5 Å². The number of hydrogen-bond acceptors (Lipinski definition) is 3. The minimum absolute atomic E-state index is 0.303. The normalized spacial score (nSPS) is 19.2. The predicted molar refractivity (Wildman–Crippen MR) is 77.5 cm³/mol. The Hall–Kier alpha value is -1.34. The van der Waals surface area contributed by atoms with Gasteiger partial charge in [0, 0.05) is 25.3 Å². The standard InChI is InChI=1S/C16H22N2O/c17-9-3-6-15-4-1-2-5-16(15)13-18-10-7-14(12-18)8-11-19/h1-2,4-5,14,19H,7-13,17H2. The van der Waals surface area contributed by atoms with Crippen molar-refractivity contribution in [2.45, 2.75) is 19.4 Å². The summed E-state index contributed by atoms with van der Waals surface area (Å²) in [5, 5.41) is 9.00. The third kappa shape index (κ3) is 4.07. The summed E-state index contributed by atoms with van der Waals surface area (Å²) in [7, 11) is 0. The Bertz CT molecular complexity index is 461. The number of benzene rings is 1. The summed E-state index contributed by atoms with van der Waals surface area (Å²) >= 11 is 0. The van der Waals surface area contributed by atoms with E-state index in [0.717, 1.165) is 31.6 Å². The van der Waals surface area contributed by atoms with Crippen LogP contribution in [0.1, 0.15) is 24.0 Å². The molecule has 0 amide bonds. The van der Waals surface area contributed by atoms with Crippen LogP contribution in [0.5, 0.6) is 0 Å². The summed E-state index contributed by atoms with van der Waals surface area (Å²) in [6.45, 7) is 3.84. The number of hydrogen-bond donors (Lipinski definition) is 2. The van der Waals surface area contributed by atoms with Gasteiger partial charge in [-0.1, -0.05) is 30.0 Å². The molecule has 1 fully saturated rings. The van der Waals surface area contributed by atoms with Gasteiger partial charge in [0.2, 0.25) is 0 Å². The molecule has 1 unspecified atom stereocenters. The van der Waals surface area contributed by atoms with Gasteiger partial charge in [0.15, 0.2) is 0 Å². The van der Waals surface area contributed by atoms with Crippen molar-refractivity contribution in [2.24, 2.45) is 11.7 Å². The van der Waals surface area contributed by atoms with E-state index >= 15 is 0 Å². The quantitative estimate of drug-likeness (QED) is 0.798. The maximum absolute atomic E-state index is 9.00. The molecular weight excluding hydrogens is 236 g/mol. The Morgan fingerprint density at radius 2 is 2.21 bits per heavy atom. The van der Waals surface area contributed by atoms with E-state index in [2.05, 4.69) is 34.9 Å². The monoisotopic (exact) mass is 258 g/mol. The smallest absolute Gasteiger partial charge is 0.0555 e. The highest BCUT2D eigenvalue weighted by atomic mass is 16.3. The van der Waals surface area contributed by atoms with Crippen molar-refractivity contribution >= 4 is 0 Å². The molecular formula is C16H22N2O. The van der Waals surface area contributed by atoms with Gasteiger partial charge >= 0.3 is 0 Å². The number of aliphatic hydroxyl groups is 1. The summed E-state index contributed by atoms with van der Waals surface area (Å²) < 4.78 is 0. The Kier molecular flexibility index (Phi) is 5.41. The Balaban J connectivity index is 2.00. The number of nitrogens with zero attached hydrogens (tertiary/aromatic N) is 1. The third-order valence-electron chi connectivity index (χ3n) is 3.64. The molecule has 1 aliphatic heterocycles. The highest BCUT2D eigenvalue weighted by molar-refractivity contribution is 5.41. The van der Waals surface area contributed by atoms with Crippen molar-refractivity contribution in [1.82, 2.24) is 4.90 Å². The number of likely N-dealkylation sites (tertiary alicyclic amines) is 1. The molecule has 1 saturated heterocycles. The largest absolute Gasteiger partial charge is 0.396 e. The SMILES string of the molecule is NCC#Cc1ccccc1CN1CCC(CCO)C1. The average molecular weight is 258 g/mol. The Labute approximate surface area is 115 Å². The van der Waals surface area contributed by atoms with Crippen LogP contribution in [-0.2, 0) is 6.54 Å². The van der Waals surface area contributed by atoms with Crippen molar-refractivity contribution in [2.75, 3.05) is 26.2 Å². The maximum Gasteiger partial charge on any atom is 0.0555 e. The van der Waals surface area contributed by atoms with Crippen LogP contribution < -0.4 is 5.73 Å². The second kappa shape index (κ2) is 7.30. The number of nitrogens with two attached hydrogens (primary N) is 1. The fourth-order valence-corrected chi connectivity index (χ4v) is 2.64. The van der Waals surface area contributed by atoms with Gasteiger partial charge < -0.3 is 10.8 Å². The van der Waals surface area contributed by atoms with Crippen LogP contribution >= 0.6 is 0 Å². The summed E-state index contributed by atoms with van der Waals surface area (Å²) in [5.74, 6) is 6.71. The molecule has 1 heterocycles. The van der Waals surface area contributed by atoms with E-state index in [1.165, 1.54) is 12.0 Å². The van der Waals surface area contributed by atoms with E-state index in [1.807, 2.05) is 6.07 Å². The first kappa shape index (κ1) is 14.1. The molecule has 1 atom stereocenters. The minimum atomic E-state index is 0.303. The van der Waals surface area contributed by atoms with Gasteiger partial charge in [-0.2, -0.15) is 0 Å². The maximum atomic E-state index is 9.00. The molecule has 0 saturated carbocycles. The van der Waals surface area contributed by atoms with Crippen molar-refractivity contribution in [1.29, 1.82) is 0 Å². The first-order valence-electron chi connectivity index (χ1n) is 6.93. The second-order valence-corrected chi connectivity index (χ2v) is 5.07. The predicted octanol–water partition coefficient (Wildman–Crippen LogP) is 1.20. The lowest BCUT2D eigenvalue weighted by molar-refractivity contribution is 0.249. The van der Waals surface area contributed by atoms with Gasteiger partial charge in [-0.05, 0) is 36.9 Å². The highest BCUT2D eigenvalue weighted by Crippen LogP contribution is 2.22. The molecule has 19 heavy (non-hydrogen) atoms. The summed E-state index contributed by atoms with van der Waals surface area (Å²) in [6.07, 6.45) is 2.11. The zero-order valence-electron chi connectivity index (χ0n) is 11.3. The molecule has 1 aromatic rings. The lowest BCUT2D eigenvalue weighted by atomic mass is 10.1. The fourth-order valence-electron chi connectivity index (χ4n) is 2.64. The molecule has 0 spiro atoms. The zero-order chi connectivity index (χ0) is 13.5. The van der Waals surface area contributed by atoms with Crippen LogP contribution in [0.4, 0.5) is 0 Å². The van der Waals surface area contributed by atoms with Crippen LogP contribution in [0.3, 0.4) is 0 Å². The van der Waals surface area contributed by atoms with Crippen LogP contribution in [0, 0.1) is 17.8 Å². The van der Waals surface area contributed by atoms with E-state index in [9.17, 15) is 0 Å². The summed E-state index contributed by atoms with van der Waals surface area (Å²) in [5.41, 5.74) is 7.79. The lowest BCUT2D eigenvalue weighted by Gasteiger charge is -2.17. The van der Waals surface area contributed by atoms with Gasteiger partial charge in [0.1, 0.15) is 0 Å². The van der Waals surface area contributed by atoms with Crippen molar-refractivity contribution in [3.63, 3.8) is 0 Å². The molecule has 1 aliphatic rings. The van der Waals surface area contributed by atoms with Gasteiger partial charge in [0.05, 0.1) is 6.54 Å². The highest BCUT2D eigenvalue weighted by Gasteiger charge is 2.22. The van der Waals surface area contributed by atoms with Gasteiger partial charge in [-0.3, -0.25) is 4.90 Å². The molecule has 1 aromatic carbocycles. The molecule has 2 rings (SSSR count). The molecule has 0 aliphatic carbocycles. The van der Waals surface area contributed by atoms with Crippen molar-refractivity contribution in [3.05, 3.63) is 35.4 Å². The number of aliphatic hydroxyl groups excluding tert-OH is 1. The third-order valence-corrected chi connectivity index (χ3v) is 3.64. The van der Waals surface area contributed by atoms with E-state index in [-0.39, 0.29) is 0 Å². The average Bonchev–Trinajstić information content (AvgIpc) is 2.86. The van der Waals surface area contributed by atoms with Crippen LogP contribution in [0.25, 0.3) is 0 Å². The summed E-state index contributed by atoms with van der Waals surface area (Å²) in [4.78, 5) is 2.45. The first-order chi connectivity index (χ1) is 9.33. The van der Waals surface area contributed by atoms with Crippen LogP contribution in [0.2, 0.25) is 0 Å². The van der Waals surface area contributed by atoms with E-state index in [4.69, 9.17) is 10.8 Å². The molecule has 0 radical (unpaired) electrons. The minimum Gasteiger partial charge on any atom is -0.396 e. The van der Waals surface area contributed by atoms with E-state index in [0.29, 0.717) is 19.1 Å². The second-order valence-electron chi connectivity index (χ2n) is 5.07. The Morgan fingerprint density at radius 1 is 1.37 bits per heavy atom. The lowest BCUT2D eigenvalue weighted by Crippen LogP contribution is -2.21. The number of rotatable bonds is 4. The van der Waals surface area contributed by atoms with Crippen molar-refractivity contribution < 1.29 is 5.11 Å². The van der Waals surface area contributed by atoms with Crippen molar-refractivity contribution in [3.8, 4) is 11.8 Å². The van der Waals surface area contributed by atoms with E-state index < -0.39 is 0 Å². The van der Waals surface area contributed by atoms with E-state index in [1.54, 1.807) is 0 Å². The molecule has 0 aromatic heterocycles. The molecule has 3 N–H and O–H groups in total. The zero-order valence-corrected chi connectivity index (χ0v) is 11.3. The van der Waals surface area contributed by atoms with Gasteiger partial charge in [0.25, 0.3) is 0 Å². The van der Waals surface area contributed by atoms with Gasteiger partial charge in [-0.25, -0.2) is 0 Å². The molecule has 3 nitrogen and oxygen atoms in total. The Morgan fingerprint density at radius 3 is 3.00 bits per heavy atom. The summed E-state index contributed by atoms with van der Waals surface area (Å²) in [6, 6.07) is 8.27.